The molecule has 2 heterocycles. The van der Waals surface area contributed by atoms with Gasteiger partial charge in [-0.2, -0.15) is 0 Å². The van der Waals surface area contributed by atoms with Gasteiger partial charge < -0.3 is 24.7 Å². The molecule has 3 aromatic rings. The van der Waals surface area contributed by atoms with Crippen LogP contribution in [0.4, 0.5) is 4.79 Å². The minimum Gasteiger partial charge on any atom is -0.494 e. The molecule has 1 aliphatic heterocycles. The highest BCUT2D eigenvalue weighted by molar-refractivity contribution is 5.84. The second-order valence-electron chi connectivity index (χ2n) is 8.19. The topological polar surface area (TPSA) is 66.6 Å². The number of carbonyl (C=O) groups excluding carboxylic acids is 1. The molecule has 0 bridgehead atoms. The summed E-state index contributed by atoms with van der Waals surface area (Å²) in [6.45, 7) is 2.52. The maximum absolute atomic E-state index is 11.8. The number of aromatic amines is 1. The Morgan fingerprint density at radius 1 is 1.23 bits per heavy atom. The van der Waals surface area contributed by atoms with Crippen LogP contribution >= 0.6 is 0 Å². The van der Waals surface area contributed by atoms with E-state index < -0.39 is 6.09 Å². The first kappa shape index (κ1) is 21.2. The Bertz CT molecular complexity index is 986. The van der Waals surface area contributed by atoms with Gasteiger partial charge in [0, 0.05) is 29.7 Å². The van der Waals surface area contributed by atoms with Crippen molar-refractivity contribution < 1.29 is 14.3 Å². The number of carbonyl (C=O) groups is 1. The largest absolute Gasteiger partial charge is 0.494 e. The van der Waals surface area contributed by atoms with Crippen LogP contribution in [-0.2, 0) is 17.8 Å². The minimum absolute atomic E-state index is 0.277. The fourth-order valence-electron chi connectivity index (χ4n) is 4.13. The zero-order valence-corrected chi connectivity index (χ0v) is 18.1. The molecule has 2 N–H and O–H groups in total. The van der Waals surface area contributed by atoms with Gasteiger partial charge in [-0.3, -0.25) is 0 Å². The van der Waals surface area contributed by atoms with Gasteiger partial charge in [0.05, 0.1) is 6.61 Å². The average molecular weight is 422 g/mol. The van der Waals surface area contributed by atoms with Crippen molar-refractivity contribution in [3.63, 3.8) is 0 Å². The third-order valence-corrected chi connectivity index (χ3v) is 5.94. The van der Waals surface area contributed by atoms with Crippen molar-refractivity contribution >= 4 is 17.0 Å². The van der Waals surface area contributed by atoms with E-state index in [4.69, 9.17) is 9.47 Å². The first-order chi connectivity index (χ1) is 15.2. The van der Waals surface area contributed by atoms with Gasteiger partial charge >= 0.3 is 6.09 Å². The lowest BCUT2D eigenvalue weighted by molar-refractivity contribution is 0.139. The fraction of sp³-hybridized carbons (Fsp3) is 0.400. The molecule has 1 unspecified atom stereocenters. The number of hydrogen-bond donors (Lipinski definition) is 2. The maximum atomic E-state index is 11.8. The Morgan fingerprint density at radius 2 is 2.10 bits per heavy atom. The monoisotopic (exact) mass is 421 g/mol. The molecule has 164 valence electrons. The lowest BCUT2D eigenvalue weighted by Crippen LogP contribution is -2.26. The van der Waals surface area contributed by atoms with Crippen molar-refractivity contribution in [3.8, 4) is 5.75 Å². The van der Waals surface area contributed by atoms with Crippen LogP contribution in [0.5, 0.6) is 5.75 Å². The molecular formula is C25H31N3O3. The van der Waals surface area contributed by atoms with E-state index in [-0.39, 0.29) is 6.61 Å². The van der Waals surface area contributed by atoms with Crippen LogP contribution in [0.25, 0.3) is 10.9 Å². The van der Waals surface area contributed by atoms with Gasteiger partial charge in [0.2, 0.25) is 0 Å². The summed E-state index contributed by atoms with van der Waals surface area (Å²) >= 11 is 0. The van der Waals surface area contributed by atoms with Gasteiger partial charge in [-0.25, -0.2) is 4.79 Å². The second kappa shape index (κ2) is 10.4. The van der Waals surface area contributed by atoms with Crippen molar-refractivity contribution in [3.05, 3.63) is 65.9 Å². The Labute approximate surface area is 183 Å². The third-order valence-electron chi connectivity index (χ3n) is 5.94. The summed E-state index contributed by atoms with van der Waals surface area (Å²) in [5.41, 5.74) is 3.47. The molecule has 31 heavy (non-hydrogen) atoms. The summed E-state index contributed by atoms with van der Waals surface area (Å²) in [6.07, 6.45) is 6.05. The number of nitrogens with one attached hydrogen (secondary N) is 2. The van der Waals surface area contributed by atoms with Crippen LogP contribution in [0.3, 0.4) is 0 Å². The molecule has 1 aromatic heterocycles. The summed E-state index contributed by atoms with van der Waals surface area (Å²) < 4.78 is 11.1. The Hall–Kier alpha value is -2.99. The van der Waals surface area contributed by atoms with Crippen LogP contribution in [0.1, 0.15) is 30.4 Å². The number of benzene rings is 2. The van der Waals surface area contributed by atoms with Crippen LogP contribution in [0, 0.1) is 0 Å². The number of nitrogens with zero attached hydrogens (tertiary/aromatic N) is 1. The number of H-pyrrole nitrogens is 1. The summed E-state index contributed by atoms with van der Waals surface area (Å²) in [4.78, 5) is 17.6. The molecule has 1 atom stereocenters. The number of amides is 1. The molecule has 1 saturated heterocycles. The molecule has 6 nitrogen and oxygen atoms in total. The predicted octanol–water partition coefficient (Wildman–Crippen LogP) is 4.50. The molecule has 6 heteroatoms. The molecule has 0 radical (unpaired) electrons. The Morgan fingerprint density at radius 3 is 2.90 bits per heavy atom. The number of alkyl carbamates (subject to hydrolysis) is 1. The van der Waals surface area contributed by atoms with Gasteiger partial charge in [0.15, 0.2) is 0 Å². The number of fused-ring (bicyclic) bond motifs is 1. The van der Waals surface area contributed by atoms with Gasteiger partial charge in [-0.1, -0.05) is 30.3 Å². The standard InChI is InChI=1S/C25H31N3O3/c1-28-13-5-9-21(28)15-20-17-27-24-11-10-22(16-23(20)24)30-14-6-12-26-25(29)31-18-19-7-3-2-4-8-19/h2-4,7-8,10-11,16-17,21,27H,5-6,9,12-15,18H2,1H3,(H,26,29). The lowest BCUT2D eigenvalue weighted by Gasteiger charge is -2.18. The zero-order chi connectivity index (χ0) is 21.5. The quantitative estimate of drug-likeness (QED) is 0.499. The summed E-state index contributed by atoms with van der Waals surface area (Å²) in [7, 11) is 2.21. The molecule has 0 saturated carbocycles. The van der Waals surface area contributed by atoms with Crippen LogP contribution < -0.4 is 10.1 Å². The molecule has 2 aromatic carbocycles. The van der Waals surface area contributed by atoms with Crippen molar-refractivity contribution in [2.45, 2.75) is 38.3 Å². The van der Waals surface area contributed by atoms with E-state index in [0.29, 0.717) is 25.6 Å². The van der Waals surface area contributed by atoms with E-state index in [1.807, 2.05) is 36.4 Å². The van der Waals surface area contributed by atoms with E-state index in [1.165, 1.54) is 30.3 Å². The van der Waals surface area contributed by atoms with Crippen molar-refractivity contribution in [2.24, 2.45) is 0 Å². The van der Waals surface area contributed by atoms with E-state index in [2.05, 4.69) is 40.6 Å². The molecule has 1 fully saturated rings. The lowest BCUT2D eigenvalue weighted by atomic mass is 10.0. The summed E-state index contributed by atoms with van der Waals surface area (Å²) in [6, 6.07) is 16.5. The molecule has 0 aliphatic carbocycles. The van der Waals surface area contributed by atoms with Crippen LogP contribution in [0.2, 0.25) is 0 Å². The minimum atomic E-state index is -0.404. The van der Waals surface area contributed by atoms with Gasteiger partial charge in [-0.15, -0.1) is 0 Å². The maximum Gasteiger partial charge on any atom is 0.407 e. The third kappa shape index (κ3) is 5.79. The van der Waals surface area contributed by atoms with Crippen molar-refractivity contribution in [1.29, 1.82) is 0 Å². The van der Waals surface area contributed by atoms with Crippen molar-refractivity contribution in [2.75, 3.05) is 26.7 Å². The van der Waals surface area contributed by atoms with E-state index in [1.54, 1.807) is 0 Å². The van der Waals surface area contributed by atoms with Crippen LogP contribution in [-0.4, -0.2) is 48.8 Å². The summed E-state index contributed by atoms with van der Waals surface area (Å²) in [5.74, 6) is 0.861. The number of ether oxygens (including phenoxy) is 2. The number of aromatic nitrogens is 1. The molecular weight excluding hydrogens is 390 g/mol. The van der Waals surface area contributed by atoms with Gasteiger partial charge in [-0.05, 0) is 68.6 Å². The molecule has 1 aliphatic rings. The Kier molecular flexibility index (Phi) is 7.10. The number of likely N-dealkylation sites (tertiary alicyclic amines) is 1. The first-order valence-electron chi connectivity index (χ1n) is 11.1. The number of rotatable bonds is 9. The van der Waals surface area contributed by atoms with Gasteiger partial charge in [0.25, 0.3) is 0 Å². The van der Waals surface area contributed by atoms with Crippen molar-refractivity contribution in [1.82, 2.24) is 15.2 Å². The SMILES string of the molecule is CN1CCCC1Cc1c[nH]c2ccc(OCCCNC(=O)OCc3ccccc3)cc12. The highest BCUT2D eigenvalue weighted by Gasteiger charge is 2.22. The first-order valence-corrected chi connectivity index (χ1v) is 11.1. The van der Waals surface area contributed by atoms with E-state index in [9.17, 15) is 4.79 Å². The number of hydrogen-bond acceptors (Lipinski definition) is 4. The molecule has 0 spiro atoms. The average Bonchev–Trinajstić information content (AvgIpc) is 3.39. The molecule has 4 rings (SSSR count). The number of likely N-dealkylation sites (N-methyl/N-ethyl adjacent to an activating group) is 1. The molecule has 1 amide bonds. The predicted molar refractivity (Wildman–Crippen MR) is 122 cm³/mol. The normalized spacial score (nSPS) is 16.5. The highest BCUT2D eigenvalue weighted by Crippen LogP contribution is 2.27. The zero-order valence-electron chi connectivity index (χ0n) is 18.1. The fourth-order valence-corrected chi connectivity index (χ4v) is 4.13. The van der Waals surface area contributed by atoms with Crippen LogP contribution in [0.15, 0.2) is 54.7 Å². The van der Waals surface area contributed by atoms with E-state index in [0.717, 1.165) is 23.3 Å². The van der Waals surface area contributed by atoms with Gasteiger partial charge in [0.1, 0.15) is 12.4 Å². The Balaban J connectivity index is 1.20. The summed E-state index contributed by atoms with van der Waals surface area (Å²) in [5, 5.41) is 4.00. The smallest absolute Gasteiger partial charge is 0.407 e. The second-order valence-corrected chi connectivity index (χ2v) is 8.19. The van der Waals surface area contributed by atoms with E-state index >= 15 is 0 Å². The highest BCUT2D eigenvalue weighted by atomic mass is 16.5.